The van der Waals surface area contributed by atoms with Gasteiger partial charge in [-0.05, 0) is 42.3 Å². The highest BCUT2D eigenvalue weighted by molar-refractivity contribution is 6.31. The molecule has 0 aliphatic rings. The molecule has 0 saturated heterocycles. The first-order valence-corrected chi connectivity index (χ1v) is 5.53. The highest BCUT2D eigenvalue weighted by Crippen LogP contribution is 2.23. The number of pyridine rings is 1. The van der Waals surface area contributed by atoms with Gasteiger partial charge in [0, 0.05) is 29.6 Å². The van der Waals surface area contributed by atoms with Gasteiger partial charge in [-0.15, -0.1) is 0 Å². The van der Waals surface area contributed by atoms with Crippen LogP contribution in [0.1, 0.15) is 11.1 Å². The van der Waals surface area contributed by atoms with Crippen LogP contribution in [0.15, 0.2) is 42.7 Å². The molecule has 0 unspecified atom stereocenters. The SMILES string of the molecule is Cc1c(Cl)cccc1NCc1ccncc1. The fraction of sp³-hybridized carbons (Fsp3) is 0.154. The van der Waals surface area contributed by atoms with E-state index in [0.29, 0.717) is 0 Å². The van der Waals surface area contributed by atoms with E-state index in [1.807, 2.05) is 37.3 Å². The molecule has 2 aromatic rings. The van der Waals surface area contributed by atoms with Crippen molar-refractivity contribution in [1.82, 2.24) is 4.98 Å². The van der Waals surface area contributed by atoms with Gasteiger partial charge in [0.1, 0.15) is 0 Å². The third-order valence-corrected chi connectivity index (χ3v) is 2.91. The van der Waals surface area contributed by atoms with E-state index in [2.05, 4.69) is 10.3 Å². The molecule has 1 heterocycles. The first-order chi connectivity index (χ1) is 7.77. The molecule has 0 aliphatic carbocycles. The zero-order valence-electron chi connectivity index (χ0n) is 9.07. The molecule has 0 spiro atoms. The van der Waals surface area contributed by atoms with Crippen molar-refractivity contribution in [2.75, 3.05) is 5.32 Å². The topological polar surface area (TPSA) is 24.9 Å². The number of benzene rings is 1. The highest BCUT2D eigenvalue weighted by Gasteiger charge is 2.00. The predicted octanol–water partition coefficient (Wildman–Crippen LogP) is 3.66. The highest BCUT2D eigenvalue weighted by atomic mass is 35.5. The maximum absolute atomic E-state index is 6.05. The van der Waals surface area contributed by atoms with E-state index in [4.69, 9.17) is 11.6 Å². The molecular formula is C13H13ClN2. The van der Waals surface area contributed by atoms with Gasteiger partial charge in [-0.2, -0.15) is 0 Å². The summed E-state index contributed by atoms with van der Waals surface area (Å²) in [5.74, 6) is 0. The predicted molar refractivity (Wildman–Crippen MR) is 67.8 cm³/mol. The molecule has 0 radical (unpaired) electrons. The molecule has 0 saturated carbocycles. The minimum atomic E-state index is 0.781. The Labute approximate surface area is 100 Å². The molecular weight excluding hydrogens is 220 g/mol. The van der Waals surface area contributed by atoms with Crippen LogP contribution in [-0.2, 0) is 6.54 Å². The maximum atomic E-state index is 6.05. The summed E-state index contributed by atoms with van der Waals surface area (Å²) in [6.07, 6.45) is 3.59. The Morgan fingerprint density at radius 3 is 2.69 bits per heavy atom. The fourth-order valence-electron chi connectivity index (χ4n) is 1.50. The summed E-state index contributed by atoms with van der Waals surface area (Å²) in [5, 5.41) is 4.15. The molecule has 3 heteroatoms. The smallest absolute Gasteiger partial charge is 0.0455 e. The summed E-state index contributed by atoms with van der Waals surface area (Å²) >= 11 is 6.05. The van der Waals surface area contributed by atoms with Crippen LogP contribution in [0.4, 0.5) is 5.69 Å². The molecule has 0 amide bonds. The lowest BCUT2D eigenvalue weighted by Gasteiger charge is -2.10. The summed E-state index contributed by atoms with van der Waals surface area (Å²) in [4.78, 5) is 3.98. The molecule has 16 heavy (non-hydrogen) atoms. The zero-order valence-corrected chi connectivity index (χ0v) is 9.83. The van der Waals surface area contributed by atoms with E-state index < -0.39 is 0 Å². The van der Waals surface area contributed by atoms with Crippen LogP contribution in [0.3, 0.4) is 0 Å². The number of nitrogens with one attached hydrogen (secondary N) is 1. The van der Waals surface area contributed by atoms with Crippen LogP contribution < -0.4 is 5.32 Å². The third kappa shape index (κ3) is 2.52. The normalized spacial score (nSPS) is 10.1. The lowest BCUT2D eigenvalue weighted by molar-refractivity contribution is 1.12. The van der Waals surface area contributed by atoms with Gasteiger partial charge >= 0.3 is 0 Å². The van der Waals surface area contributed by atoms with E-state index in [-0.39, 0.29) is 0 Å². The minimum absolute atomic E-state index is 0.781. The Bertz CT molecular complexity index is 469. The van der Waals surface area contributed by atoms with Crippen molar-refractivity contribution in [2.45, 2.75) is 13.5 Å². The second kappa shape index (κ2) is 4.99. The molecule has 2 rings (SSSR count). The van der Waals surface area contributed by atoms with Crippen molar-refractivity contribution < 1.29 is 0 Å². The molecule has 1 N–H and O–H groups in total. The van der Waals surface area contributed by atoms with Crippen molar-refractivity contribution in [3.63, 3.8) is 0 Å². The number of nitrogens with zero attached hydrogens (tertiary/aromatic N) is 1. The summed E-state index contributed by atoms with van der Waals surface area (Å²) in [5.41, 5.74) is 3.36. The Hall–Kier alpha value is -1.54. The lowest BCUT2D eigenvalue weighted by atomic mass is 10.2. The largest absolute Gasteiger partial charge is 0.381 e. The van der Waals surface area contributed by atoms with Gasteiger partial charge in [-0.3, -0.25) is 4.98 Å². The van der Waals surface area contributed by atoms with E-state index in [1.54, 1.807) is 12.4 Å². The van der Waals surface area contributed by atoms with Crippen LogP contribution >= 0.6 is 11.6 Å². The average molecular weight is 233 g/mol. The number of anilines is 1. The van der Waals surface area contributed by atoms with Crippen LogP contribution in [-0.4, -0.2) is 4.98 Å². The van der Waals surface area contributed by atoms with Gasteiger partial charge in [-0.1, -0.05) is 17.7 Å². The number of hydrogen-bond donors (Lipinski definition) is 1. The molecule has 0 aliphatic heterocycles. The van der Waals surface area contributed by atoms with Crippen LogP contribution in [0.5, 0.6) is 0 Å². The van der Waals surface area contributed by atoms with Crippen molar-refractivity contribution >= 4 is 17.3 Å². The molecule has 1 aromatic heterocycles. The molecule has 2 nitrogen and oxygen atoms in total. The lowest BCUT2D eigenvalue weighted by Crippen LogP contribution is -2.01. The van der Waals surface area contributed by atoms with Crippen LogP contribution in [0.2, 0.25) is 5.02 Å². The number of aromatic nitrogens is 1. The average Bonchev–Trinajstić information content (AvgIpc) is 2.32. The third-order valence-electron chi connectivity index (χ3n) is 2.50. The molecule has 0 fully saturated rings. The Morgan fingerprint density at radius 1 is 1.19 bits per heavy atom. The van der Waals surface area contributed by atoms with Crippen LogP contribution in [0, 0.1) is 6.92 Å². The second-order valence-electron chi connectivity index (χ2n) is 3.62. The van der Waals surface area contributed by atoms with Crippen molar-refractivity contribution in [1.29, 1.82) is 0 Å². The van der Waals surface area contributed by atoms with Crippen molar-refractivity contribution in [3.05, 3.63) is 58.9 Å². The summed E-state index contributed by atoms with van der Waals surface area (Å²) < 4.78 is 0. The van der Waals surface area contributed by atoms with Crippen molar-refractivity contribution in [2.24, 2.45) is 0 Å². The van der Waals surface area contributed by atoms with E-state index in [9.17, 15) is 0 Å². The quantitative estimate of drug-likeness (QED) is 0.874. The second-order valence-corrected chi connectivity index (χ2v) is 4.03. The Morgan fingerprint density at radius 2 is 1.94 bits per heavy atom. The van der Waals surface area contributed by atoms with Gasteiger partial charge in [-0.25, -0.2) is 0 Å². The fourth-order valence-corrected chi connectivity index (χ4v) is 1.67. The van der Waals surface area contributed by atoms with Gasteiger partial charge < -0.3 is 5.32 Å². The summed E-state index contributed by atoms with van der Waals surface area (Å²) in [6.45, 7) is 2.79. The summed E-state index contributed by atoms with van der Waals surface area (Å²) in [6, 6.07) is 9.86. The Balaban J connectivity index is 2.08. The molecule has 1 aromatic carbocycles. The molecule has 0 atom stereocenters. The molecule has 0 bridgehead atoms. The van der Waals surface area contributed by atoms with E-state index in [0.717, 1.165) is 22.8 Å². The number of rotatable bonds is 3. The zero-order chi connectivity index (χ0) is 11.4. The number of hydrogen-bond acceptors (Lipinski definition) is 2. The van der Waals surface area contributed by atoms with Gasteiger partial charge in [0.2, 0.25) is 0 Å². The summed E-state index contributed by atoms with van der Waals surface area (Å²) in [7, 11) is 0. The van der Waals surface area contributed by atoms with E-state index in [1.165, 1.54) is 5.56 Å². The van der Waals surface area contributed by atoms with Gasteiger partial charge in [0.15, 0.2) is 0 Å². The monoisotopic (exact) mass is 232 g/mol. The minimum Gasteiger partial charge on any atom is -0.381 e. The first kappa shape index (κ1) is 11.0. The van der Waals surface area contributed by atoms with Gasteiger partial charge in [0.05, 0.1) is 0 Å². The maximum Gasteiger partial charge on any atom is 0.0455 e. The number of halogens is 1. The van der Waals surface area contributed by atoms with E-state index >= 15 is 0 Å². The molecule has 82 valence electrons. The van der Waals surface area contributed by atoms with Gasteiger partial charge in [0.25, 0.3) is 0 Å². The Kier molecular flexibility index (Phi) is 3.42. The van der Waals surface area contributed by atoms with Crippen LogP contribution in [0.25, 0.3) is 0 Å². The first-order valence-electron chi connectivity index (χ1n) is 5.15. The van der Waals surface area contributed by atoms with Crippen molar-refractivity contribution in [3.8, 4) is 0 Å². The standard InChI is InChI=1S/C13H13ClN2/c1-10-12(14)3-2-4-13(10)16-9-11-5-7-15-8-6-11/h2-8,16H,9H2,1H3.